The van der Waals surface area contributed by atoms with E-state index in [0.29, 0.717) is 35.9 Å². The van der Waals surface area contributed by atoms with Gasteiger partial charge in [-0.05, 0) is 29.6 Å². The van der Waals surface area contributed by atoms with Crippen molar-refractivity contribution in [2.75, 3.05) is 41.0 Å². The van der Waals surface area contributed by atoms with E-state index in [-0.39, 0.29) is 24.4 Å². The highest BCUT2D eigenvalue weighted by Crippen LogP contribution is 2.37. The normalized spacial score (nSPS) is 14.9. The lowest BCUT2D eigenvalue weighted by atomic mass is 9.97. The molecule has 2 heterocycles. The number of hydrogen-bond acceptors (Lipinski definition) is 7. The molecule has 0 N–H and O–H groups in total. The molecule has 1 unspecified atom stereocenters. The predicted molar refractivity (Wildman–Crippen MR) is 139 cm³/mol. The summed E-state index contributed by atoms with van der Waals surface area (Å²) >= 11 is 1.34. The number of hydrogen-bond donors (Lipinski definition) is 0. The Morgan fingerprint density at radius 1 is 1.06 bits per heavy atom. The van der Waals surface area contributed by atoms with Gasteiger partial charge in [-0.1, -0.05) is 36.4 Å². The molecule has 3 aromatic rings. The Labute approximate surface area is 214 Å². The molecule has 4 rings (SSSR count). The van der Waals surface area contributed by atoms with Gasteiger partial charge in [0.05, 0.1) is 37.5 Å². The molecule has 1 aliphatic rings. The summed E-state index contributed by atoms with van der Waals surface area (Å²) in [5, 5.41) is 8.07. The number of rotatable bonds is 10. The van der Waals surface area contributed by atoms with Crippen molar-refractivity contribution in [3.63, 3.8) is 0 Å². The number of benzene rings is 2. The van der Waals surface area contributed by atoms with Crippen molar-refractivity contribution in [1.29, 1.82) is 0 Å². The number of nitrogens with zero attached hydrogens (tertiary/aromatic N) is 3. The fourth-order valence-corrected chi connectivity index (χ4v) is 4.84. The van der Waals surface area contributed by atoms with Crippen molar-refractivity contribution in [3.05, 3.63) is 82.0 Å². The summed E-state index contributed by atoms with van der Waals surface area (Å²) in [5.74, 6) is 0.889. The highest BCUT2D eigenvalue weighted by Gasteiger charge is 2.36. The number of carbonyl (C=O) groups excluding carboxylic acids is 2. The maximum atomic E-state index is 13.7. The van der Waals surface area contributed by atoms with Gasteiger partial charge in [0.25, 0.3) is 11.8 Å². The SMILES string of the molecule is COCCN(CC(=O)N1N=C(c2cccc(OC)c2)CC1c1ccccc1OC)C(=O)c1cccs1. The lowest BCUT2D eigenvalue weighted by Crippen LogP contribution is -2.42. The molecule has 2 aromatic carbocycles. The molecule has 0 spiro atoms. The van der Waals surface area contributed by atoms with Crippen LogP contribution in [0.4, 0.5) is 0 Å². The monoisotopic (exact) mass is 507 g/mol. The Bertz CT molecular complexity index is 1230. The number of para-hydroxylation sites is 1. The van der Waals surface area contributed by atoms with Crippen LogP contribution in [0.15, 0.2) is 71.1 Å². The molecule has 1 aliphatic heterocycles. The maximum Gasteiger partial charge on any atom is 0.264 e. The maximum absolute atomic E-state index is 13.7. The zero-order valence-corrected chi connectivity index (χ0v) is 21.4. The Morgan fingerprint density at radius 2 is 1.89 bits per heavy atom. The lowest BCUT2D eigenvalue weighted by Gasteiger charge is -2.27. The molecular formula is C27H29N3O5S. The third-order valence-electron chi connectivity index (χ3n) is 5.98. The van der Waals surface area contributed by atoms with E-state index in [2.05, 4.69) is 0 Å². The van der Waals surface area contributed by atoms with E-state index < -0.39 is 0 Å². The minimum atomic E-state index is -0.379. The summed E-state index contributed by atoms with van der Waals surface area (Å²) in [6, 6.07) is 18.4. The molecule has 2 amide bonds. The van der Waals surface area contributed by atoms with E-state index >= 15 is 0 Å². The molecule has 0 aliphatic carbocycles. The van der Waals surface area contributed by atoms with Crippen molar-refractivity contribution in [2.24, 2.45) is 5.10 Å². The molecule has 0 saturated carbocycles. The summed E-state index contributed by atoms with van der Waals surface area (Å²) < 4.78 is 16.2. The molecule has 188 valence electrons. The number of amides is 2. The standard InChI is InChI=1S/C27H29N3O5S/c1-33-14-13-29(27(32)25-12-7-15-36-25)18-26(31)30-23(21-10-4-5-11-24(21)35-3)17-22(28-30)19-8-6-9-20(16-19)34-2/h4-12,15-16,23H,13-14,17-18H2,1-3H3. The van der Waals surface area contributed by atoms with Gasteiger partial charge in [-0.3, -0.25) is 9.59 Å². The Morgan fingerprint density at radius 3 is 2.61 bits per heavy atom. The summed E-state index contributed by atoms with van der Waals surface area (Å²) in [6.45, 7) is 0.484. The van der Waals surface area contributed by atoms with Gasteiger partial charge < -0.3 is 19.1 Å². The molecule has 0 bridgehead atoms. The average Bonchev–Trinajstić information content (AvgIpc) is 3.61. The van der Waals surface area contributed by atoms with Gasteiger partial charge in [0.15, 0.2) is 0 Å². The van der Waals surface area contributed by atoms with E-state index in [1.165, 1.54) is 21.2 Å². The highest BCUT2D eigenvalue weighted by molar-refractivity contribution is 7.12. The summed E-state index contributed by atoms with van der Waals surface area (Å²) in [4.78, 5) is 28.9. The third-order valence-corrected chi connectivity index (χ3v) is 6.84. The van der Waals surface area contributed by atoms with E-state index in [1.807, 2.05) is 60.0 Å². The van der Waals surface area contributed by atoms with Crippen LogP contribution in [-0.2, 0) is 9.53 Å². The topological polar surface area (TPSA) is 80.7 Å². The first-order valence-corrected chi connectivity index (χ1v) is 12.4. The van der Waals surface area contributed by atoms with E-state index in [9.17, 15) is 9.59 Å². The van der Waals surface area contributed by atoms with Gasteiger partial charge in [-0.2, -0.15) is 5.10 Å². The quantitative estimate of drug-likeness (QED) is 0.410. The molecule has 1 aromatic heterocycles. The average molecular weight is 508 g/mol. The van der Waals surface area contributed by atoms with Crippen molar-refractivity contribution < 1.29 is 23.8 Å². The zero-order chi connectivity index (χ0) is 25.5. The third kappa shape index (κ3) is 5.58. The van der Waals surface area contributed by atoms with Crippen LogP contribution in [0.3, 0.4) is 0 Å². The number of hydrazone groups is 1. The Hall–Kier alpha value is -3.69. The van der Waals surface area contributed by atoms with Gasteiger partial charge >= 0.3 is 0 Å². The van der Waals surface area contributed by atoms with Gasteiger partial charge in [-0.15, -0.1) is 11.3 Å². The van der Waals surface area contributed by atoms with Crippen molar-refractivity contribution >= 4 is 28.9 Å². The van der Waals surface area contributed by atoms with Crippen LogP contribution in [0.25, 0.3) is 0 Å². The number of ether oxygens (including phenoxy) is 3. The summed E-state index contributed by atoms with van der Waals surface area (Å²) in [6.07, 6.45) is 0.496. The number of carbonyl (C=O) groups is 2. The molecule has 0 saturated heterocycles. The van der Waals surface area contributed by atoms with Crippen LogP contribution in [0.2, 0.25) is 0 Å². The van der Waals surface area contributed by atoms with Crippen LogP contribution in [0.5, 0.6) is 11.5 Å². The first kappa shape index (κ1) is 25.4. The van der Waals surface area contributed by atoms with Crippen LogP contribution in [-0.4, -0.2) is 68.5 Å². The number of thiophene rings is 1. The van der Waals surface area contributed by atoms with Gasteiger partial charge in [0.2, 0.25) is 0 Å². The fraction of sp³-hybridized carbons (Fsp3) is 0.296. The minimum absolute atomic E-state index is 0.124. The largest absolute Gasteiger partial charge is 0.497 e. The Balaban J connectivity index is 1.66. The van der Waals surface area contributed by atoms with E-state index in [0.717, 1.165) is 16.8 Å². The van der Waals surface area contributed by atoms with Crippen LogP contribution in [0.1, 0.15) is 33.3 Å². The second-order valence-electron chi connectivity index (χ2n) is 8.18. The van der Waals surface area contributed by atoms with Gasteiger partial charge in [-0.25, -0.2) is 5.01 Å². The molecule has 1 atom stereocenters. The molecule has 8 nitrogen and oxygen atoms in total. The predicted octanol–water partition coefficient (Wildman–Crippen LogP) is 4.23. The highest BCUT2D eigenvalue weighted by atomic mass is 32.1. The first-order valence-electron chi connectivity index (χ1n) is 11.5. The second kappa shape index (κ2) is 11.8. The fourth-order valence-electron chi connectivity index (χ4n) is 4.15. The van der Waals surface area contributed by atoms with Crippen LogP contribution in [0, 0.1) is 0 Å². The van der Waals surface area contributed by atoms with Crippen molar-refractivity contribution in [2.45, 2.75) is 12.5 Å². The van der Waals surface area contributed by atoms with Gasteiger partial charge in [0.1, 0.15) is 18.0 Å². The van der Waals surface area contributed by atoms with Crippen LogP contribution >= 0.6 is 11.3 Å². The minimum Gasteiger partial charge on any atom is -0.497 e. The molecule has 36 heavy (non-hydrogen) atoms. The first-order chi connectivity index (χ1) is 17.5. The van der Waals surface area contributed by atoms with Crippen molar-refractivity contribution in [3.8, 4) is 11.5 Å². The molecule has 0 fully saturated rings. The van der Waals surface area contributed by atoms with Crippen LogP contribution < -0.4 is 9.47 Å². The van der Waals surface area contributed by atoms with E-state index in [1.54, 1.807) is 27.4 Å². The molecule has 0 radical (unpaired) electrons. The lowest BCUT2D eigenvalue weighted by molar-refractivity contribution is -0.133. The van der Waals surface area contributed by atoms with Gasteiger partial charge in [0, 0.05) is 31.2 Å². The second-order valence-corrected chi connectivity index (χ2v) is 9.12. The summed E-state index contributed by atoms with van der Waals surface area (Å²) in [7, 11) is 4.79. The number of methoxy groups -OCH3 is 3. The Kier molecular flexibility index (Phi) is 8.35. The summed E-state index contributed by atoms with van der Waals surface area (Å²) in [5.41, 5.74) is 2.48. The van der Waals surface area contributed by atoms with E-state index in [4.69, 9.17) is 19.3 Å². The smallest absolute Gasteiger partial charge is 0.264 e. The molecule has 9 heteroatoms. The zero-order valence-electron chi connectivity index (χ0n) is 20.5. The van der Waals surface area contributed by atoms with Crippen molar-refractivity contribution in [1.82, 2.24) is 9.91 Å². The molecular weight excluding hydrogens is 478 g/mol.